The standard InChI is InChI=1S/C15H12N2O3/c16-12(18)7-8-17-14(19)10-5-1-3-9-4-2-6-11(13(9)10)15(17)20/h1-6H,7-8H2,(H2,16,18). The zero-order chi connectivity index (χ0) is 14.3. The van der Waals surface area contributed by atoms with Gasteiger partial charge in [0.05, 0.1) is 0 Å². The lowest BCUT2D eigenvalue weighted by molar-refractivity contribution is -0.118. The van der Waals surface area contributed by atoms with Crippen LogP contribution in [0, 0.1) is 0 Å². The Morgan fingerprint density at radius 1 is 1.00 bits per heavy atom. The number of hydrogen-bond donors (Lipinski definition) is 1. The number of nitrogens with zero attached hydrogens (tertiary/aromatic N) is 1. The normalized spacial score (nSPS) is 13.9. The second-order valence-corrected chi connectivity index (χ2v) is 4.69. The van der Waals surface area contributed by atoms with Crippen molar-refractivity contribution in [1.82, 2.24) is 4.90 Å². The molecule has 0 atom stereocenters. The Hall–Kier alpha value is -2.69. The summed E-state index contributed by atoms with van der Waals surface area (Å²) in [6.45, 7) is 0.0116. The third-order valence-corrected chi connectivity index (χ3v) is 3.44. The van der Waals surface area contributed by atoms with Gasteiger partial charge in [-0.05, 0) is 17.5 Å². The van der Waals surface area contributed by atoms with Crippen molar-refractivity contribution in [3.8, 4) is 0 Å². The van der Waals surface area contributed by atoms with E-state index in [-0.39, 0.29) is 24.8 Å². The van der Waals surface area contributed by atoms with Gasteiger partial charge in [0.2, 0.25) is 5.91 Å². The first-order valence-corrected chi connectivity index (χ1v) is 6.26. The smallest absolute Gasteiger partial charge is 0.261 e. The molecular formula is C15H12N2O3. The van der Waals surface area contributed by atoms with Crippen molar-refractivity contribution in [3.63, 3.8) is 0 Å². The molecule has 0 aromatic heterocycles. The van der Waals surface area contributed by atoms with Gasteiger partial charge >= 0.3 is 0 Å². The first kappa shape index (κ1) is 12.3. The van der Waals surface area contributed by atoms with E-state index in [4.69, 9.17) is 5.73 Å². The molecule has 1 aliphatic rings. The fraction of sp³-hybridized carbons (Fsp3) is 0.133. The highest BCUT2D eigenvalue weighted by molar-refractivity contribution is 6.25. The molecule has 5 heteroatoms. The summed E-state index contributed by atoms with van der Waals surface area (Å²) in [5.74, 6) is -1.29. The van der Waals surface area contributed by atoms with Crippen LogP contribution in [0.15, 0.2) is 36.4 Å². The Balaban J connectivity index is 2.14. The molecular weight excluding hydrogens is 256 g/mol. The highest BCUT2D eigenvalue weighted by Crippen LogP contribution is 2.29. The number of benzene rings is 2. The lowest BCUT2D eigenvalue weighted by Gasteiger charge is -2.26. The van der Waals surface area contributed by atoms with Crippen LogP contribution < -0.4 is 5.73 Å². The van der Waals surface area contributed by atoms with Crippen molar-refractivity contribution in [1.29, 1.82) is 0 Å². The van der Waals surface area contributed by atoms with Gasteiger partial charge in [-0.25, -0.2) is 0 Å². The Morgan fingerprint density at radius 3 is 2.05 bits per heavy atom. The fourth-order valence-corrected chi connectivity index (χ4v) is 2.51. The van der Waals surface area contributed by atoms with E-state index < -0.39 is 5.91 Å². The van der Waals surface area contributed by atoms with Crippen LogP contribution in [0.3, 0.4) is 0 Å². The van der Waals surface area contributed by atoms with E-state index >= 15 is 0 Å². The zero-order valence-electron chi connectivity index (χ0n) is 10.6. The van der Waals surface area contributed by atoms with Crippen LogP contribution >= 0.6 is 0 Å². The molecule has 1 aliphatic heterocycles. The molecule has 1 heterocycles. The molecule has 0 spiro atoms. The van der Waals surface area contributed by atoms with Crippen LogP contribution in [0.2, 0.25) is 0 Å². The van der Waals surface area contributed by atoms with Crippen molar-refractivity contribution in [2.75, 3.05) is 6.54 Å². The molecule has 3 amide bonds. The van der Waals surface area contributed by atoms with E-state index in [1.807, 2.05) is 12.1 Å². The summed E-state index contributed by atoms with van der Waals surface area (Å²) in [4.78, 5) is 36.7. The lowest BCUT2D eigenvalue weighted by atomic mass is 9.94. The molecule has 5 nitrogen and oxygen atoms in total. The van der Waals surface area contributed by atoms with Crippen molar-refractivity contribution < 1.29 is 14.4 Å². The Labute approximate surface area is 115 Å². The molecule has 0 aliphatic carbocycles. The summed E-state index contributed by atoms with van der Waals surface area (Å²) in [7, 11) is 0. The van der Waals surface area contributed by atoms with Crippen LogP contribution in [0.25, 0.3) is 10.8 Å². The van der Waals surface area contributed by atoms with Crippen molar-refractivity contribution in [3.05, 3.63) is 47.5 Å². The summed E-state index contributed by atoms with van der Waals surface area (Å²) < 4.78 is 0. The summed E-state index contributed by atoms with van der Waals surface area (Å²) in [6, 6.07) is 10.7. The summed E-state index contributed by atoms with van der Waals surface area (Å²) in [6.07, 6.45) is -0.0321. The van der Waals surface area contributed by atoms with Gasteiger partial charge in [-0.2, -0.15) is 0 Å². The molecule has 3 rings (SSSR count). The number of carbonyl (C=O) groups excluding carboxylic acids is 3. The average Bonchev–Trinajstić information content (AvgIpc) is 2.44. The van der Waals surface area contributed by atoms with Crippen LogP contribution in [0.5, 0.6) is 0 Å². The van der Waals surface area contributed by atoms with Gasteiger partial charge in [-0.15, -0.1) is 0 Å². The van der Waals surface area contributed by atoms with Crippen LogP contribution in [-0.2, 0) is 4.79 Å². The van der Waals surface area contributed by atoms with E-state index in [2.05, 4.69) is 0 Å². The topological polar surface area (TPSA) is 80.5 Å². The number of hydrogen-bond acceptors (Lipinski definition) is 3. The van der Waals surface area contributed by atoms with Gasteiger partial charge in [-0.3, -0.25) is 19.3 Å². The molecule has 0 fully saturated rings. The van der Waals surface area contributed by atoms with Crippen LogP contribution in [-0.4, -0.2) is 29.2 Å². The summed E-state index contributed by atoms with van der Waals surface area (Å²) >= 11 is 0. The van der Waals surface area contributed by atoms with Gasteiger partial charge in [0.1, 0.15) is 0 Å². The van der Waals surface area contributed by atoms with Gasteiger partial charge < -0.3 is 5.73 Å². The molecule has 0 radical (unpaired) electrons. The first-order valence-electron chi connectivity index (χ1n) is 6.26. The molecule has 2 aromatic rings. The van der Waals surface area contributed by atoms with Crippen LogP contribution in [0.4, 0.5) is 0 Å². The minimum Gasteiger partial charge on any atom is -0.370 e. The largest absolute Gasteiger partial charge is 0.370 e. The zero-order valence-corrected chi connectivity index (χ0v) is 10.6. The molecule has 2 aromatic carbocycles. The monoisotopic (exact) mass is 268 g/mol. The number of rotatable bonds is 3. The van der Waals surface area contributed by atoms with Gasteiger partial charge in [0.25, 0.3) is 11.8 Å². The summed E-state index contributed by atoms with van der Waals surface area (Å²) in [5, 5.41) is 1.54. The number of amides is 3. The fourth-order valence-electron chi connectivity index (χ4n) is 2.51. The third kappa shape index (κ3) is 1.75. The van der Waals surface area contributed by atoms with Gasteiger partial charge in [-0.1, -0.05) is 24.3 Å². The van der Waals surface area contributed by atoms with Crippen LogP contribution in [0.1, 0.15) is 27.1 Å². The van der Waals surface area contributed by atoms with E-state index in [9.17, 15) is 14.4 Å². The van der Waals surface area contributed by atoms with E-state index in [1.165, 1.54) is 0 Å². The van der Waals surface area contributed by atoms with E-state index in [0.29, 0.717) is 16.5 Å². The molecule has 2 N–H and O–H groups in total. The average molecular weight is 268 g/mol. The maximum absolute atomic E-state index is 12.4. The quantitative estimate of drug-likeness (QED) is 0.852. The first-order chi connectivity index (χ1) is 9.59. The highest BCUT2D eigenvalue weighted by atomic mass is 16.2. The predicted octanol–water partition coefficient (Wildman–Crippen LogP) is 1.31. The Kier molecular flexibility index (Phi) is 2.75. The second kappa shape index (κ2) is 4.45. The van der Waals surface area contributed by atoms with Gasteiger partial charge in [0, 0.05) is 29.5 Å². The Morgan fingerprint density at radius 2 is 1.55 bits per heavy atom. The molecule has 100 valence electrons. The number of carbonyl (C=O) groups is 3. The van der Waals surface area contributed by atoms with E-state index in [1.54, 1.807) is 24.3 Å². The third-order valence-electron chi connectivity index (χ3n) is 3.44. The van der Waals surface area contributed by atoms with E-state index in [0.717, 1.165) is 10.3 Å². The van der Waals surface area contributed by atoms with Crippen molar-refractivity contribution in [2.45, 2.75) is 6.42 Å². The summed E-state index contributed by atoms with van der Waals surface area (Å²) in [5.41, 5.74) is 6.06. The molecule has 20 heavy (non-hydrogen) atoms. The molecule has 0 saturated heterocycles. The maximum atomic E-state index is 12.4. The van der Waals surface area contributed by atoms with Crippen molar-refractivity contribution in [2.24, 2.45) is 5.73 Å². The highest BCUT2D eigenvalue weighted by Gasteiger charge is 2.32. The maximum Gasteiger partial charge on any atom is 0.261 e. The second-order valence-electron chi connectivity index (χ2n) is 4.69. The SMILES string of the molecule is NC(=O)CCN1C(=O)c2cccc3cccc(c23)C1=O. The molecule has 0 unspecified atom stereocenters. The molecule has 0 bridgehead atoms. The molecule has 0 saturated carbocycles. The number of nitrogens with two attached hydrogens (primary N) is 1. The van der Waals surface area contributed by atoms with Gasteiger partial charge in [0.15, 0.2) is 0 Å². The number of primary amides is 1. The minimum atomic E-state index is -0.539. The van der Waals surface area contributed by atoms with Crippen molar-refractivity contribution >= 4 is 28.5 Å². The predicted molar refractivity (Wildman–Crippen MR) is 73.1 cm³/mol. The Bertz CT molecular complexity index is 701. The lowest BCUT2D eigenvalue weighted by Crippen LogP contribution is -2.41. The number of imide groups is 1. The minimum absolute atomic E-state index is 0.0116.